The summed E-state index contributed by atoms with van der Waals surface area (Å²) >= 11 is 0. The predicted molar refractivity (Wildman–Crippen MR) is 118 cm³/mol. The van der Waals surface area contributed by atoms with Gasteiger partial charge in [-0.1, -0.05) is 0 Å². The Morgan fingerprint density at radius 1 is 1.16 bits per heavy atom. The second kappa shape index (κ2) is 8.19. The second-order valence-corrected chi connectivity index (χ2v) is 9.81. The zero-order valence-corrected chi connectivity index (χ0v) is 18.5. The molecule has 2 aromatic heterocycles. The maximum Gasteiger partial charge on any atom is 0.337 e. The topological polar surface area (TPSA) is 105 Å². The van der Waals surface area contributed by atoms with Crippen LogP contribution in [-0.2, 0) is 32.5 Å². The highest BCUT2D eigenvalue weighted by Gasteiger charge is 2.27. The molecule has 5 rings (SSSR count). The van der Waals surface area contributed by atoms with Crippen molar-refractivity contribution < 1.29 is 22.7 Å². The van der Waals surface area contributed by atoms with Crippen molar-refractivity contribution in [3.8, 4) is 0 Å². The number of benzene rings is 1. The molecule has 2 aliphatic heterocycles. The predicted octanol–water partition coefficient (Wildman–Crippen LogP) is 1.93. The number of carbonyl (C=O) groups is 1. The van der Waals surface area contributed by atoms with Crippen LogP contribution in [0, 0.1) is 0 Å². The summed E-state index contributed by atoms with van der Waals surface area (Å²) < 4.78 is 37.2. The zero-order valence-electron chi connectivity index (χ0n) is 17.7. The van der Waals surface area contributed by atoms with E-state index in [0.29, 0.717) is 38.4 Å². The lowest BCUT2D eigenvalue weighted by Crippen LogP contribution is -2.40. The Morgan fingerprint density at radius 2 is 1.97 bits per heavy atom. The van der Waals surface area contributed by atoms with Crippen LogP contribution in [0.1, 0.15) is 21.6 Å². The molecule has 3 aromatic rings. The zero-order chi connectivity index (χ0) is 22.3. The summed E-state index contributed by atoms with van der Waals surface area (Å²) in [6, 6.07) is 8.88. The lowest BCUT2D eigenvalue weighted by Gasteiger charge is -2.29. The molecule has 0 radical (unpaired) electrons. The van der Waals surface area contributed by atoms with Crippen molar-refractivity contribution in [3.05, 3.63) is 53.3 Å². The van der Waals surface area contributed by atoms with Gasteiger partial charge < -0.3 is 19.4 Å². The Balaban J connectivity index is 1.40. The minimum absolute atomic E-state index is 0.190. The fourth-order valence-corrected chi connectivity index (χ4v) is 5.66. The Bertz CT molecular complexity index is 1260. The number of morpholine rings is 1. The monoisotopic (exact) mass is 456 g/mol. The van der Waals surface area contributed by atoms with Crippen LogP contribution < -0.4 is 4.90 Å². The third kappa shape index (κ3) is 3.64. The standard InChI is InChI=1S/C22H24N4O5S/c1-30-22(27)15-2-4-19-17(12-15)18-14-25(7-6-20(18)24-19)21-5-3-16(13-23-21)32(28,29)26-8-10-31-11-9-26/h2-5,12-13,24H,6-11,14H2,1H3. The SMILES string of the molecule is COC(=O)c1ccc2[nH]c3c(c2c1)CN(c1ccc(S(=O)(=O)N2CCOCC2)cn1)CC3. The molecule has 1 fully saturated rings. The van der Waals surface area contributed by atoms with Crippen molar-refractivity contribution in [2.45, 2.75) is 17.9 Å². The van der Waals surface area contributed by atoms with Crippen LogP contribution in [0.15, 0.2) is 41.4 Å². The Morgan fingerprint density at radius 3 is 2.69 bits per heavy atom. The number of fused-ring (bicyclic) bond motifs is 3. The smallest absolute Gasteiger partial charge is 0.337 e. The summed E-state index contributed by atoms with van der Waals surface area (Å²) in [6.45, 7) is 2.89. The molecule has 1 aromatic carbocycles. The van der Waals surface area contributed by atoms with Crippen LogP contribution in [0.2, 0.25) is 0 Å². The van der Waals surface area contributed by atoms with Crippen LogP contribution in [0.3, 0.4) is 0 Å². The van der Waals surface area contributed by atoms with E-state index in [0.717, 1.165) is 40.9 Å². The van der Waals surface area contributed by atoms with Crippen LogP contribution in [0.25, 0.3) is 10.9 Å². The van der Waals surface area contributed by atoms with Crippen molar-refractivity contribution >= 4 is 32.7 Å². The molecular formula is C22H24N4O5S. The molecule has 0 saturated carbocycles. The summed E-state index contributed by atoms with van der Waals surface area (Å²) in [5.74, 6) is 0.350. The van der Waals surface area contributed by atoms with E-state index in [-0.39, 0.29) is 10.9 Å². The molecule has 0 amide bonds. The van der Waals surface area contributed by atoms with E-state index in [1.54, 1.807) is 18.2 Å². The van der Waals surface area contributed by atoms with Crippen molar-refractivity contribution in [3.63, 3.8) is 0 Å². The van der Waals surface area contributed by atoms with Crippen molar-refractivity contribution in [1.29, 1.82) is 0 Å². The fraction of sp³-hybridized carbons (Fsp3) is 0.364. The number of carbonyl (C=O) groups excluding carboxylic acids is 1. The molecule has 0 aliphatic carbocycles. The third-order valence-electron chi connectivity index (χ3n) is 6.05. The molecular weight excluding hydrogens is 432 g/mol. The number of nitrogens with zero attached hydrogens (tertiary/aromatic N) is 3. The highest BCUT2D eigenvalue weighted by molar-refractivity contribution is 7.89. The van der Waals surface area contributed by atoms with Gasteiger partial charge in [0.25, 0.3) is 0 Å². The summed E-state index contributed by atoms with van der Waals surface area (Å²) in [6.07, 6.45) is 2.23. The highest BCUT2D eigenvalue weighted by atomic mass is 32.2. The van der Waals surface area contributed by atoms with E-state index in [1.807, 2.05) is 12.1 Å². The molecule has 1 saturated heterocycles. The van der Waals surface area contributed by atoms with Gasteiger partial charge in [-0.05, 0) is 30.3 Å². The van der Waals surface area contributed by atoms with Gasteiger partial charge in [0.2, 0.25) is 10.0 Å². The molecule has 0 atom stereocenters. The molecule has 9 nitrogen and oxygen atoms in total. The van der Waals surface area contributed by atoms with Gasteiger partial charge in [0.05, 0.1) is 25.9 Å². The molecule has 4 heterocycles. The summed E-state index contributed by atoms with van der Waals surface area (Å²) in [5.41, 5.74) is 3.74. The molecule has 32 heavy (non-hydrogen) atoms. The van der Waals surface area contributed by atoms with Gasteiger partial charge in [-0.3, -0.25) is 0 Å². The normalized spacial score (nSPS) is 17.3. The number of H-pyrrole nitrogens is 1. The van der Waals surface area contributed by atoms with E-state index in [2.05, 4.69) is 14.9 Å². The second-order valence-electron chi connectivity index (χ2n) is 7.87. The number of esters is 1. The lowest BCUT2D eigenvalue weighted by atomic mass is 10.0. The number of methoxy groups -OCH3 is 1. The number of rotatable bonds is 4. The van der Waals surface area contributed by atoms with E-state index >= 15 is 0 Å². The first-order valence-electron chi connectivity index (χ1n) is 10.5. The quantitative estimate of drug-likeness (QED) is 0.598. The van der Waals surface area contributed by atoms with Crippen LogP contribution in [-0.4, -0.2) is 68.6 Å². The Labute approximate surface area is 186 Å². The number of anilines is 1. The number of ether oxygens (including phenoxy) is 2. The number of nitrogens with one attached hydrogen (secondary N) is 1. The van der Waals surface area contributed by atoms with Gasteiger partial charge in [-0.25, -0.2) is 18.2 Å². The molecule has 2 aliphatic rings. The van der Waals surface area contributed by atoms with Crippen LogP contribution in [0.5, 0.6) is 0 Å². The molecule has 0 unspecified atom stereocenters. The summed E-state index contributed by atoms with van der Waals surface area (Å²) in [4.78, 5) is 22.2. The van der Waals surface area contributed by atoms with Gasteiger partial charge >= 0.3 is 5.97 Å². The first-order valence-corrected chi connectivity index (χ1v) is 11.9. The van der Waals surface area contributed by atoms with E-state index < -0.39 is 10.0 Å². The highest BCUT2D eigenvalue weighted by Crippen LogP contribution is 2.31. The van der Waals surface area contributed by atoms with Crippen molar-refractivity contribution in [2.75, 3.05) is 44.9 Å². The maximum atomic E-state index is 12.8. The largest absolute Gasteiger partial charge is 0.465 e. The fourth-order valence-electron chi connectivity index (χ4n) is 4.30. The molecule has 168 valence electrons. The summed E-state index contributed by atoms with van der Waals surface area (Å²) in [5, 5.41) is 0.985. The van der Waals surface area contributed by atoms with Gasteiger partial charge in [-0.15, -0.1) is 0 Å². The van der Waals surface area contributed by atoms with E-state index in [1.165, 1.54) is 17.6 Å². The first kappa shape index (κ1) is 20.9. The Kier molecular flexibility index (Phi) is 5.36. The van der Waals surface area contributed by atoms with E-state index in [4.69, 9.17) is 9.47 Å². The van der Waals surface area contributed by atoms with Crippen molar-refractivity contribution in [2.24, 2.45) is 0 Å². The average molecular weight is 457 g/mol. The minimum atomic E-state index is -3.57. The summed E-state index contributed by atoms with van der Waals surface area (Å²) in [7, 11) is -2.20. The van der Waals surface area contributed by atoms with Crippen LogP contribution >= 0.6 is 0 Å². The number of sulfonamides is 1. The number of aromatic amines is 1. The van der Waals surface area contributed by atoms with Gasteiger partial charge in [0.15, 0.2) is 0 Å². The lowest BCUT2D eigenvalue weighted by molar-refractivity contribution is 0.0601. The minimum Gasteiger partial charge on any atom is -0.465 e. The molecule has 1 N–H and O–H groups in total. The Hall–Kier alpha value is -2.95. The maximum absolute atomic E-state index is 12.8. The van der Waals surface area contributed by atoms with Gasteiger partial charge in [0, 0.05) is 61.0 Å². The number of aromatic nitrogens is 2. The van der Waals surface area contributed by atoms with Gasteiger partial charge in [-0.2, -0.15) is 4.31 Å². The van der Waals surface area contributed by atoms with Crippen LogP contribution in [0.4, 0.5) is 5.82 Å². The number of pyridine rings is 1. The number of hydrogen-bond donors (Lipinski definition) is 1. The molecule has 0 spiro atoms. The average Bonchev–Trinajstić information content (AvgIpc) is 3.21. The number of hydrogen-bond acceptors (Lipinski definition) is 7. The molecule has 10 heteroatoms. The van der Waals surface area contributed by atoms with E-state index in [9.17, 15) is 13.2 Å². The van der Waals surface area contributed by atoms with Gasteiger partial charge in [0.1, 0.15) is 10.7 Å². The third-order valence-corrected chi connectivity index (χ3v) is 7.93. The molecule has 0 bridgehead atoms. The van der Waals surface area contributed by atoms with Crippen molar-refractivity contribution in [1.82, 2.24) is 14.3 Å². The first-order chi connectivity index (χ1) is 15.5.